The Hall–Kier alpha value is 0.147. The molecule has 1 saturated heterocycles. The maximum atomic E-state index is 14.9. The molecule has 0 nitrogen and oxygen atoms in total. The molecule has 15 heavy (non-hydrogen) atoms. The first-order valence-corrected chi connectivity index (χ1v) is 8.65. The van der Waals surface area contributed by atoms with Crippen molar-refractivity contribution < 1.29 is 4.11 Å². The number of hydrogen-bond acceptors (Lipinski definition) is 0. The first-order valence-electron chi connectivity index (χ1n) is 6.07. The first kappa shape index (κ1) is 13.2. The molecule has 1 heterocycles. The molecule has 1 fully saturated rings. The van der Waals surface area contributed by atoms with Crippen molar-refractivity contribution in [3.8, 4) is 0 Å². The van der Waals surface area contributed by atoms with Crippen molar-refractivity contribution in [1.82, 2.24) is 0 Å². The molecule has 0 aliphatic carbocycles. The zero-order chi connectivity index (χ0) is 12.3. The van der Waals surface area contributed by atoms with Crippen LogP contribution < -0.4 is 0 Å². The fourth-order valence-corrected chi connectivity index (χ4v) is 6.95. The first-order chi connectivity index (χ1) is 6.38. The molecule has 1 rings (SSSR count). The second kappa shape index (κ2) is 3.09. The van der Waals surface area contributed by atoms with Gasteiger partial charge < -0.3 is 4.11 Å². The maximum Gasteiger partial charge on any atom is 0.250 e. The fraction of sp³-hybridized carbons (Fsp3) is 1.00. The van der Waals surface area contributed by atoms with Crippen molar-refractivity contribution in [2.75, 3.05) is 0 Å². The Morgan fingerprint density at radius 3 is 1.87 bits per heavy atom. The molecule has 90 valence electrons. The summed E-state index contributed by atoms with van der Waals surface area (Å²) in [5.41, 5.74) is 0.280. The Bertz CT molecular complexity index is 264. The molecule has 1 aliphatic rings. The van der Waals surface area contributed by atoms with E-state index in [1.165, 1.54) is 0 Å². The number of hydrogen-bond donors (Lipinski definition) is 0. The second-order valence-electron chi connectivity index (χ2n) is 7.27. The molecule has 0 aromatic rings. The normalized spacial score (nSPS) is 42.6. The molecule has 0 spiro atoms. The van der Waals surface area contributed by atoms with Crippen LogP contribution in [0.4, 0.5) is 4.11 Å². The van der Waals surface area contributed by atoms with Gasteiger partial charge in [-0.3, -0.25) is 0 Å². The van der Waals surface area contributed by atoms with Crippen molar-refractivity contribution in [2.45, 2.75) is 66.1 Å². The van der Waals surface area contributed by atoms with E-state index in [0.717, 1.165) is 6.04 Å². The molecule has 0 saturated carbocycles. The minimum Gasteiger partial charge on any atom is -0.314 e. The summed E-state index contributed by atoms with van der Waals surface area (Å²) in [6, 6.07) is 0.816. The molecule has 0 bridgehead atoms. The highest BCUT2D eigenvalue weighted by molar-refractivity contribution is 6.75. The second-order valence-corrected chi connectivity index (χ2v) is 11.3. The lowest BCUT2D eigenvalue weighted by Gasteiger charge is -2.63. The largest absolute Gasteiger partial charge is 0.314 e. The third kappa shape index (κ3) is 1.43. The van der Waals surface area contributed by atoms with Crippen LogP contribution in [-0.2, 0) is 0 Å². The Labute approximate surface area is 95.8 Å². The van der Waals surface area contributed by atoms with Crippen LogP contribution in [0.3, 0.4) is 0 Å². The molecule has 2 atom stereocenters. The molecule has 1 aliphatic heterocycles. The van der Waals surface area contributed by atoms with Gasteiger partial charge in [-0.2, -0.15) is 0 Å². The Morgan fingerprint density at radius 1 is 1.07 bits per heavy atom. The molecule has 0 amide bonds. The van der Waals surface area contributed by atoms with E-state index in [4.69, 9.17) is 0 Å². The van der Waals surface area contributed by atoms with Gasteiger partial charge in [-0.05, 0) is 34.4 Å². The van der Waals surface area contributed by atoms with Crippen molar-refractivity contribution in [3.63, 3.8) is 0 Å². The summed E-state index contributed by atoms with van der Waals surface area (Å²) in [7, 11) is -2.61. The average Bonchev–Trinajstić information content (AvgIpc) is 2.00. The van der Waals surface area contributed by atoms with Crippen molar-refractivity contribution >= 4 is 8.41 Å². The molecule has 2 unspecified atom stereocenters. The van der Waals surface area contributed by atoms with Gasteiger partial charge in [0.05, 0.1) is 0 Å². The van der Waals surface area contributed by atoms with Crippen LogP contribution in [0.5, 0.6) is 0 Å². The molecular formula is C13H27FSi. The van der Waals surface area contributed by atoms with E-state index in [-0.39, 0.29) is 15.9 Å². The highest BCUT2D eigenvalue weighted by Crippen LogP contribution is 2.68. The van der Waals surface area contributed by atoms with Gasteiger partial charge in [-0.15, -0.1) is 0 Å². The molecule has 0 radical (unpaired) electrons. The van der Waals surface area contributed by atoms with E-state index in [1.807, 2.05) is 6.55 Å². The van der Waals surface area contributed by atoms with Gasteiger partial charge in [0.25, 0.3) is 0 Å². The van der Waals surface area contributed by atoms with E-state index < -0.39 is 8.41 Å². The topological polar surface area (TPSA) is 0 Å². The quantitative estimate of drug-likeness (QED) is 0.405. The van der Waals surface area contributed by atoms with Crippen LogP contribution >= 0.6 is 0 Å². The summed E-state index contributed by atoms with van der Waals surface area (Å²) in [6.07, 6.45) is 0. The van der Waals surface area contributed by atoms with Gasteiger partial charge in [0, 0.05) is 0 Å². The third-order valence-corrected chi connectivity index (χ3v) is 11.0. The summed E-state index contributed by atoms with van der Waals surface area (Å²) in [4.78, 5) is 0. The predicted octanol–water partition coefficient (Wildman–Crippen LogP) is 5.01. The van der Waals surface area contributed by atoms with Crippen LogP contribution in [0.2, 0.25) is 17.6 Å². The van der Waals surface area contributed by atoms with E-state index in [1.54, 1.807) is 0 Å². The van der Waals surface area contributed by atoms with Crippen LogP contribution in [0.1, 0.15) is 48.5 Å². The lowest BCUT2D eigenvalue weighted by atomic mass is 9.56. The highest BCUT2D eigenvalue weighted by Gasteiger charge is 2.64. The Kier molecular flexibility index (Phi) is 2.72. The number of rotatable bonds is 0. The van der Waals surface area contributed by atoms with E-state index in [0.29, 0.717) is 5.92 Å². The standard InChI is InChI=1S/C13H27FSi/c1-10-9-15(8,14)13(6,7)12(4,5)11(10,2)3/h10H,9H2,1-8H3. The molecule has 2 heteroatoms. The maximum absolute atomic E-state index is 14.9. The SMILES string of the molecule is CC1C[Si](C)(F)C(C)(C)C(C)(C)C1(C)C. The summed E-state index contributed by atoms with van der Waals surface area (Å²) < 4.78 is 14.9. The van der Waals surface area contributed by atoms with Gasteiger partial charge in [0.15, 0.2) is 0 Å². The predicted molar refractivity (Wildman–Crippen MR) is 68.3 cm³/mol. The van der Waals surface area contributed by atoms with Gasteiger partial charge in [0.1, 0.15) is 0 Å². The van der Waals surface area contributed by atoms with Crippen LogP contribution in [-0.4, -0.2) is 8.41 Å². The van der Waals surface area contributed by atoms with Crippen molar-refractivity contribution in [2.24, 2.45) is 16.7 Å². The highest BCUT2D eigenvalue weighted by atomic mass is 28.4. The lowest BCUT2D eigenvalue weighted by molar-refractivity contribution is -0.00449. The summed E-state index contributed by atoms with van der Waals surface area (Å²) in [5, 5.41) is -0.143. The average molecular weight is 230 g/mol. The number of halogens is 1. The summed E-state index contributed by atoms with van der Waals surface area (Å²) in [6.45, 7) is 17.6. The van der Waals surface area contributed by atoms with Gasteiger partial charge in [-0.1, -0.05) is 48.5 Å². The zero-order valence-corrected chi connectivity index (χ0v) is 12.7. The third-order valence-electron chi connectivity index (χ3n) is 6.40. The lowest BCUT2D eigenvalue weighted by Crippen LogP contribution is -2.60. The summed E-state index contributed by atoms with van der Waals surface area (Å²) >= 11 is 0. The molecule has 0 aromatic carbocycles. The Balaban J connectivity index is 3.30. The minimum absolute atomic E-state index is 0.0629. The van der Waals surface area contributed by atoms with E-state index in [9.17, 15) is 4.11 Å². The zero-order valence-electron chi connectivity index (χ0n) is 11.7. The monoisotopic (exact) mass is 230 g/mol. The van der Waals surface area contributed by atoms with Crippen molar-refractivity contribution in [1.29, 1.82) is 0 Å². The molecule has 0 N–H and O–H groups in total. The van der Waals surface area contributed by atoms with Gasteiger partial charge in [0.2, 0.25) is 8.41 Å². The van der Waals surface area contributed by atoms with E-state index >= 15 is 0 Å². The van der Waals surface area contributed by atoms with Crippen LogP contribution in [0.25, 0.3) is 0 Å². The molecule has 0 aromatic heterocycles. The van der Waals surface area contributed by atoms with Crippen LogP contribution in [0.15, 0.2) is 0 Å². The smallest absolute Gasteiger partial charge is 0.250 e. The summed E-state index contributed by atoms with van der Waals surface area (Å²) in [5.74, 6) is 0.488. The van der Waals surface area contributed by atoms with Gasteiger partial charge >= 0.3 is 0 Å². The van der Waals surface area contributed by atoms with Crippen molar-refractivity contribution in [3.05, 3.63) is 0 Å². The van der Waals surface area contributed by atoms with Gasteiger partial charge in [-0.25, -0.2) is 0 Å². The van der Waals surface area contributed by atoms with E-state index in [2.05, 4.69) is 48.5 Å². The molecular weight excluding hydrogens is 203 g/mol. The fourth-order valence-electron chi connectivity index (χ4n) is 3.16. The Morgan fingerprint density at radius 2 is 1.47 bits per heavy atom. The van der Waals surface area contributed by atoms with Crippen LogP contribution in [0, 0.1) is 16.7 Å². The minimum atomic E-state index is -2.61.